The van der Waals surface area contributed by atoms with Gasteiger partial charge in [0.2, 0.25) is 15.9 Å². The van der Waals surface area contributed by atoms with Crippen molar-refractivity contribution in [2.24, 2.45) is 0 Å². The van der Waals surface area contributed by atoms with E-state index in [0.717, 1.165) is 18.9 Å². The van der Waals surface area contributed by atoms with Gasteiger partial charge in [-0.2, -0.15) is 4.31 Å². The molecule has 1 atom stereocenters. The van der Waals surface area contributed by atoms with Gasteiger partial charge < -0.3 is 9.64 Å². The average molecular weight is 397 g/mol. The Bertz CT molecular complexity index is 841. The third-order valence-corrected chi connectivity index (χ3v) is 7.84. The second kappa shape index (κ2) is 6.80. The summed E-state index contributed by atoms with van der Waals surface area (Å²) in [6.45, 7) is 4.58. The normalized spacial score (nSPS) is 26.5. The lowest BCUT2D eigenvalue weighted by atomic mass is 9.97. The number of fused-ring (bicyclic) bond motifs is 2. The molecule has 27 heavy (non-hydrogen) atoms. The fourth-order valence-corrected chi connectivity index (χ4v) is 6.18. The monoisotopic (exact) mass is 397 g/mol. The van der Waals surface area contributed by atoms with Crippen LogP contribution >= 0.6 is 0 Å². The van der Waals surface area contributed by atoms with Crippen LogP contribution < -0.4 is 0 Å². The number of rotatable bonds is 3. The summed E-state index contributed by atoms with van der Waals surface area (Å²) in [6, 6.07) is 4.51. The zero-order chi connectivity index (χ0) is 19.2. The van der Waals surface area contributed by atoms with E-state index in [9.17, 15) is 17.6 Å². The average Bonchev–Trinajstić information content (AvgIpc) is 2.89. The highest BCUT2D eigenvalue weighted by Crippen LogP contribution is 2.41. The molecule has 1 spiro atoms. The molecule has 0 radical (unpaired) electrons. The van der Waals surface area contributed by atoms with E-state index in [-0.39, 0.29) is 29.6 Å². The van der Waals surface area contributed by atoms with E-state index in [1.807, 2.05) is 11.8 Å². The molecule has 0 bridgehead atoms. The van der Waals surface area contributed by atoms with E-state index in [1.54, 1.807) is 0 Å². The van der Waals surface area contributed by atoms with Crippen molar-refractivity contribution in [3.63, 3.8) is 0 Å². The van der Waals surface area contributed by atoms with E-state index in [4.69, 9.17) is 4.74 Å². The quantitative estimate of drug-likeness (QED) is 0.757. The Balaban J connectivity index is 1.63. The van der Waals surface area contributed by atoms with Gasteiger partial charge in [-0.1, -0.05) is 6.07 Å². The maximum Gasteiger partial charge on any atom is 0.243 e. The van der Waals surface area contributed by atoms with Crippen molar-refractivity contribution in [1.29, 1.82) is 0 Å². The molecule has 0 aromatic heterocycles. The van der Waals surface area contributed by atoms with Crippen molar-refractivity contribution in [2.75, 3.05) is 39.4 Å². The van der Waals surface area contributed by atoms with Crippen LogP contribution in [-0.2, 0) is 19.6 Å². The van der Waals surface area contributed by atoms with E-state index < -0.39 is 21.9 Å². The SMILES string of the molecule is CCN1C(=O)[C@H]2CN(S(=O)(=O)c3cccc(F)c3)CCN2C12CCOCC2. The van der Waals surface area contributed by atoms with Crippen LogP contribution in [0.2, 0.25) is 0 Å². The lowest BCUT2D eigenvalue weighted by Crippen LogP contribution is -2.62. The Morgan fingerprint density at radius 1 is 1.26 bits per heavy atom. The number of nitrogens with zero attached hydrogens (tertiary/aromatic N) is 3. The second-order valence-corrected chi connectivity index (χ2v) is 9.14. The number of hydrogen-bond acceptors (Lipinski definition) is 5. The molecule has 1 amide bonds. The van der Waals surface area contributed by atoms with Crippen molar-refractivity contribution in [2.45, 2.75) is 36.4 Å². The van der Waals surface area contributed by atoms with Gasteiger partial charge in [0.25, 0.3) is 0 Å². The molecule has 0 unspecified atom stereocenters. The van der Waals surface area contributed by atoms with Gasteiger partial charge in [0.1, 0.15) is 17.5 Å². The number of hydrogen-bond donors (Lipinski definition) is 0. The first-order chi connectivity index (χ1) is 12.9. The molecule has 0 aliphatic carbocycles. The van der Waals surface area contributed by atoms with Gasteiger partial charge in [-0.05, 0) is 25.1 Å². The fourth-order valence-electron chi connectivity index (χ4n) is 4.71. The van der Waals surface area contributed by atoms with Crippen LogP contribution in [0, 0.1) is 5.82 Å². The summed E-state index contributed by atoms with van der Waals surface area (Å²) < 4.78 is 46.2. The highest BCUT2D eigenvalue weighted by Gasteiger charge is 2.58. The van der Waals surface area contributed by atoms with Crippen molar-refractivity contribution < 1.29 is 22.3 Å². The lowest BCUT2D eigenvalue weighted by Gasteiger charge is -2.48. The van der Waals surface area contributed by atoms with Crippen LogP contribution in [0.15, 0.2) is 29.2 Å². The molecule has 7 nitrogen and oxygen atoms in total. The summed E-state index contributed by atoms with van der Waals surface area (Å²) >= 11 is 0. The molecule has 3 saturated heterocycles. The number of benzene rings is 1. The Morgan fingerprint density at radius 2 is 2.00 bits per heavy atom. The number of amides is 1. The van der Waals surface area contributed by atoms with Crippen molar-refractivity contribution >= 4 is 15.9 Å². The molecular weight excluding hydrogens is 373 g/mol. The third-order valence-electron chi connectivity index (χ3n) is 5.97. The van der Waals surface area contributed by atoms with Crippen LogP contribution in [0.25, 0.3) is 0 Å². The van der Waals surface area contributed by atoms with Gasteiger partial charge in [-0.3, -0.25) is 9.69 Å². The maximum absolute atomic E-state index is 13.5. The van der Waals surface area contributed by atoms with Crippen LogP contribution in [0.3, 0.4) is 0 Å². The van der Waals surface area contributed by atoms with E-state index >= 15 is 0 Å². The van der Waals surface area contributed by atoms with E-state index in [0.29, 0.717) is 26.3 Å². The minimum atomic E-state index is -3.84. The first-order valence-corrected chi connectivity index (χ1v) is 10.8. The van der Waals surface area contributed by atoms with Crippen molar-refractivity contribution in [3.05, 3.63) is 30.1 Å². The smallest absolute Gasteiger partial charge is 0.243 e. The highest BCUT2D eigenvalue weighted by atomic mass is 32.2. The van der Waals surface area contributed by atoms with Crippen LogP contribution in [-0.4, -0.2) is 79.5 Å². The minimum absolute atomic E-state index is 0.0291. The summed E-state index contributed by atoms with van der Waals surface area (Å²) in [5, 5.41) is 0. The molecule has 1 aromatic carbocycles. The van der Waals surface area contributed by atoms with Crippen LogP contribution in [0.1, 0.15) is 19.8 Å². The second-order valence-electron chi connectivity index (χ2n) is 7.21. The van der Waals surface area contributed by atoms with Gasteiger partial charge in [0, 0.05) is 39.0 Å². The standard InChI is InChI=1S/C18H24FN3O4S/c1-2-21-17(23)16-13-20(27(24,25)15-5-3-4-14(19)12-15)8-9-22(16)18(21)6-10-26-11-7-18/h3-5,12,16H,2,6-11,13H2,1H3/t16-/m1/s1. The topological polar surface area (TPSA) is 70.2 Å². The Labute approximate surface area is 158 Å². The summed E-state index contributed by atoms with van der Waals surface area (Å²) in [6.07, 6.45) is 1.47. The molecule has 148 valence electrons. The fraction of sp³-hybridized carbons (Fsp3) is 0.611. The molecule has 4 rings (SSSR count). The van der Waals surface area contributed by atoms with E-state index in [1.165, 1.54) is 22.5 Å². The van der Waals surface area contributed by atoms with Crippen molar-refractivity contribution in [3.8, 4) is 0 Å². The molecular formula is C18H24FN3O4S. The molecule has 9 heteroatoms. The van der Waals surface area contributed by atoms with Crippen molar-refractivity contribution in [1.82, 2.24) is 14.1 Å². The molecule has 3 heterocycles. The number of carbonyl (C=O) groups is 1. The lowest BCUT2D eigenvalue weighted by molar-refractivity contribution is -0.135. The van der Waals surface area contributed by atoms with Crippen LogP contribution in [0.5, 0.6) is 0 Å². The summed E-state index contributed by atoms with van der Waals surface area (Å²) in [7, 11) is -3.84. The number of carbonyl (C=O) groups excluding carboxylic acids is 1. The Hall–Kier alpha value is -1.55. The molecule has 0 saturated carbocycles. The Morgan fingerprint density at radius 3 is 2.67 bits per heavy atom. The number of sulfonamides is 1. The predicted molar refractivity (Wildman–Crippen MR) is 95.8 cm³/mol. The zero-order valence-corrected chi connectivity index (χ0v) is 16.1. The number of likely N-dealkylation sites (N-methyl/N-ethyl adjacent to an activating group) is 1. The van der Waals surface area contributed by atoms with Gasteiger partial charge in [-0.15, -0.1) is 0 Å². The first kappa shape index (κ1) is 18.8. The highest BCUT2D eigenvalue weighted by molar-refractivity contribution is 7.89. The molecule has 0 N–H and O–H groups in total. The largest absolute Gasteiger partial charge is 0.381 e. The molecule has 3 aliphatic rings. The summed E-state index contributed by atoms with van der Waals surface area (Å²) in [4.78, 5) is 17.0. The maximum atomic E-state index is 13.5. The Kier molecular flexibility index (Phi) is 4.74. The number of halogens is 1. The van der Waals surface area contributed by atoms with Crippen LogP contribution in [0.4, 0.5) is 4.39 Å². The third kappa shape index (κ3) is 2.88. The number of ether oxygens (including phenoxy) is 1. The van der Waals surface area contributed by atoms with Gasteiger partial charge >= 0.3 is 0 Å². The molecule has 3 fully saturated rings. The number of piperazine rings is 1. The van der Waals surface area contributed by atoms with Gasteiger partial charge in [-0.25, -0.2) is 12.8 Å². The molecule has 1 aromatic rings. The predicted octanol–water partition coefficient (Wildman–Crippen LogP) is 0.869. The van der Waals surface area contributed by atoms with Gasteiger partial charge in [0.15, 0.2) is 0 Å². The zero-order valence-electron chi connectivity index (χ0n) is 15.3. The van der Waals surface area contributed by atoms with Gasteiger partial charge in [0.05, 0.1) is 18.1 Å². The first-order valence-electron chi connectivity index (χ1n) is 9.32. The van der Waals surface area contributed by atoms with E-state index in [2.05, 4.69) is 4.90 Å². The molecule has 3 aliphatic heterocycles. The summed E-state index contributed by atoms with van der Waals surface area (Å²) in [5.74, 6) is -0.622. The minimum Gasteiger partial charge on any atom is -0.381 e. The summed E-state index contributed by atoms with van der Waals surface area (Å²) in [5.41, 5.74) is -0.372.